The van der Waals surface area contributed by atoms with E-state index < -0.39 is 4.92 Å². The quantitative estimate of drug-likeness (QED) is 0.224. The molecule has 0 atom stereocenters. The molecule has 0 aliphatic carbocycles. The molecular weight excluding hydrogens is 450 g/mol. The first-order valence-corrected chi connectivity index (χ1v) is 11.8. The molecule has 0 bridgehead atoms. The number of hydrogen-bond donors (Lipinski definition) is 0. The van der Waals surface area contributed by atoms with Gasteiger partial charge in [0.2, 0.25) is 0 Å². The molecule has 2 aromatic carbocycles. The molecule has 4 rings (SSSR count). The third-order valence-electron chi connectivity index (χ3n) is 5.36. The fourth-order valence-electron chi connectivity index (χ4n) is 3.64. The number of nitrogens with zero attached hydrogens (tertiary/aromatic N) is 3. The van der Waals surface area contributed by atoms with Gasteiger partial charge in [-0.3, -0.25) is 19.8 Å². The van der Waals surface area contributed by atoms with Crippen molar-refractivity contribution < 1.29 is 14.1 Å². The largest absolute Gasteiger partial charge is 0.457 e. The van der Waals surface area contributed by atoms with Gasteiger partial charge in [-0.05, 0) is 55.8 Å². The molecule has 2 heterocycles. The molecule has 1 aliphatic heterocycles. The van der Waals surface area contributed by atoms with Crippen LogP contribution in [-0.4, -0.2) is 27.4 Å². The van der Waals surface area contributed by atoms with Crippen molar-refractivity contribution in [2.75, 3.05) is 6.54 Å². The number of furan rings is 1. The Morgan fingerprint density at radius 2 is 1.85 bits per heavy atom. The number of aryl methyl sites for hydroxylation is 1. The van der Waals surface area contributed by atoms with Crippen LogP contribution < -0.4 is 0 Å². The van der Waals surface area contributed by atoms with Crippen LogP contribution in [0.15, 0.2) is 68.9 Å². The fourth-order valence-corrected chi connectivity index (χ4v) is 4.63. The SMILES string of the molecule is Cc1ccc(N=C2S/C(=C/c3ccc(-c4cccc([N+](=O)[O-])c4C)o3)C(=O)N2CC(C)C)cc1. The molecule has 0 unspecified atom stereocenters. The van der Waals surface area contributed by atoms with Crippen LogP contribution in [0.2, 0.25) is 0 Å². The van der Waals surface area contributed by atoms with Gasteiger partial charge < -0.3 is 4.42 Å². The van der Waals surface area contributed by atoms with Gasteiger partial charge in [-0.1, -0.05) is 43.7 Å². The maximum Gasteiger partial charge on any atom is 0.273 e. The van der Waals surface area contributed by atoms with E-state index in [0.717, 1.165) is 11.3 Å². The highest BCUT2D eigenvalue weighted by molar-refractivity contribution is 8.18. The van der Waals surface area contributed by atoms with E-state index in [2.05, 4.69) is 13.8 Å². The summed E-state index contributed by atoms with van der Waals surface area (Å²) in [7, 11) is 0. The Balaban J connectivity index is 1.65. The van der Waals surface area contributed by atoms with E-state index in [1.807, 2.05) is 31.2 Å². The first-order valence-electron chi connectivity index (χ1n) is 10.9. The standard InChI is InChI=1S/C26H25N3O4S/c1-16(2)15-28-25(30)24(34-26(28)27-19-10-8-17(3)9-11-19)14-20-12-13-23(33-20)21-6-5-7-22(18(21)4)29(31)32/h5-14,16H,15H2,1-4H3/b24-14+,27-26?. The van der Waals surface area contributed by atoms with E-state index in [1.165, 1.54) is 17.8 Å². The van der Waals surface area contributed by atoms with Crippen molar-refractivity contribution >= 4 is 40.3 Å². The van der Waals surface area contributed by atoms with Gasteiger partial charge in [0.05, 0.1) is 15.5 Å². The Kier molecular flexibility index (Phi) is 6.70. The molecule has 34 heavy (non-hydrogen) atoms. The van der Waals surface area contributed by atoms with E-state index in [4.69, 9.17) is 9.41 Å². The second-order valence-corrected chi connectivity index (χ2v) is 9.57. The van der Waals surface area contributed by atoms with Crippen molar-refractivity contribution in [1.29, 1.82) is 0 Å². The van der Waals surface area contributed by atoms with Crippen LogP contribution in [0.1, 0.15) is 30.7 Å². The van der Waals surface area contributed by atoms with Crippen molar-refractivity contribution in [3.8, 4) is 11.3 Å². The zero-order valence-electron chi connectivity index (χ0n) is 19.4. The monoisotopic (exact) mass is 475 g/mol. The molecule has 1 amide bonds. The van der Waals surface area contributed by atoms with Crippen molar-refractivity contribution in [2.45, 2.75) is 27.7 Å². The fraction of sp³-hybridized carbons (Fsp3) is 0.231. The minimum absolute atomic E-state index is 0.0385. The lowest BCUT2D eigenvalue weighted by Gasteiger charge is -2.17. The van der Waals surface area contributed by atoms with Gasteiger partial charge in [-0.2, -0.15) is 0 Å². The topological polar surface area (TPSA) is 89.0 Å². The van der Waals surface area contributed by atoms with Gasteiger partial charge >= 0.3 is 0 Å². The van der Waals surface area contributed by atoms with Gasteiger partial charge in [-0.15, -0.1) is 0 Å². The van der Waals surface area contributed by atoms with Gasteiger partial charge in [0, 0.05) is 29.8 Å². The van der Waals surface area contributed by atoms with Crippen LogP contribution in [0.4, 0.5) is 11.4 Å². The lowest BCUT2D eigenvalue weighted by atomic mass is 10.1. The number of carbonyl (C=O) groups is 1. The first-order chi connectivity index (χ1) is 16.2. The summed E-state index contributed by atoms with van der Waals surface area (Å²) in [5.74, 6) is 1.17. The highest BCUT2D eigenvalue weighted by atomic mass is 32.2. The normalized spacial score (nSPS) is 16.3. The number of nitro groups is 1. The Hall–Kier alpha value is -3.65. The number of rotatable bonds is 6. The number of aliphatic imine (C=N–C) groups is 1. The third kappa shape index (κ3) is 4.97. The minimum atomic E-state index is -0.406. The Bertz CT molecular complexity index is 1310. The summed E-state index contributed by atoms with van der Waals surface area (Å²) in [6.07, 6.45) is 1.70. The second-order valence-electron chi connectivity index (χ2n) is 8.56. The smallest absolute Gasteiger partial charge is 0.273 e. The first kappa shape index (κ1) is 23.5. The zero-order valence-corrected chi connectivity index (χ0v) is 20.3. The van der Waals surface area contributed by atoms with Gasteiger partial charge in [0.15, 0.2) is 5.17 Å². The average Bonchev–Trinajstić information content (AvgIpc) is 3.35. The van der Waals surface area contributed by atoms with Crippen molar-refractivity contribution in [1.82, 2.24) is 4.90 Å². The molecule has 0 spiro atoms. The molecule has 8 heteroatoms. The van der Waals surface area contributed by atoms with Crippen molar-refractivity contribution in [2.24, 2.45) is 10.9 Å². The number of nitro benzene ring substituents is 1. The van der Waals surface area contributed by atoms with Crippen LogP contribution in [0, 0.1) is 29.9 Å². The molecule has 1 saturated heterocycles. The summed E-state index contributed by atoms with van der Waals surface area (Å²) in [6.45, 7) is 8.39. The summed E-state index contributed by atoms with van der Waals surface area (Å²) in [6, 6.07) is 16.3. The van der Waals surface area contributed by atoms with E-state index in [-0.39, 0.29) is 17.5 Å². The number of carbonyl (C=O) groups excluding carboxylic acids is 1. The highest BCUT2D eigenvalue weighted by Gasteiger charge is 2.34. The summed E-state index contributed by atoms with van der Waals surface area (Å²) in [4.78, 5) is 31.0. The number of thioether (sulfide) groups is 1. The Morgan fingerprint density at radius 3 is 2.53 bits per heavy atom. The number of amides is 1. The van der Waals surface area contributed by atoms with Crippen LogP contribution in [0.25, 0.3) is 17.4 Å². The zero-order chi connectivity index (χ0) is 24.4. The predicted molar refractivity (Wildman–Crippen MR) is 136 cm³/mol. The molecule has 0 saturated carbocycles. The average molecular weight is 476 g/mol. The molecule has 0 N–H and O–H groups in total. The number of benzene rings is 2. The van der Waals surface area contributed by atoms with Crippen LogP contribution >= 0.6 is 11.8 Å². The maximum absolute atomic E-state index is 13.2. The van der Waals surface area contributed by atoms with E-state index in [0.29, 0.717) is 39.3 Å². The molecule has 1 aromatic heterocycles. The van der Waals surface area contributed by atoms with Crippen molar-refractivity contribution in [3.63, 3.8) is 0 Å². The second kappa shape index (κ2) is 9.69. The summed E-state index contributed by atoms with van der Waals surface area (Å²) in [5, 5.41) is 11.9. The molecular formula is C26H25N3O4S. The lowest BCUT2D eigenvalue weighted by molar-refractivity contribution is -0.385. The summed E-state index contributed by atoms with van der Waals surface area (Å²) in [5.41, 5.74) is 3.15. The van der Waals surface area contributed by atoms with Crippen LogP contribution in [0.5, 0.6) is 0 Å². The Morgan fingerprint density at radius 1 is 1.12 bits per heavy atom. The van der Waals surface area contributed by atoms with Gasteiger partial charge in [0.1, 0.15) is 11.5 Å². The summed E-state index contributed by atoms with van der Waals surface area (Å²) >= 11 is 1.32. The van der Waals surface area contributed by atoms with Crippen LogP contribution in [-0.2, 0) is 4.79 Å². The maximum atomic E-state index is 13.2. The lowest BCUT2D eigenvalue weighted by Crippen LogP contribution is -2.32. The molecule has 174 valence electrons. The molecule has 3 aromatic rings. The highest BCUT2D eigenvalue weighted by Crippen LogP contribution is 2.36. The van der Waals surface area contributed by atoms with Gasteiger partial charge in [0.25, 0.3) is 11.6 Å². The Labute approximate surface area is 202 Å². The van der Waals surface area contributed by atoms with Gasteiger partial charge in [-0.25, -0.2) is 4.99 Å². The number of amidine groups is 1. The van der Waals surface area contributed by atoms with Crippen LogP contribution in [0.3, 0.4) is 0 Å². The molecule has 1 aliphatic rings. The van der Waals surface area contributed by atoms with E-state index >= 15 is 0 Å². The molecule has 0 radical (unpaired) electrons. The summed E-state index contributed by atoms with van der Waals surface area (Å²) < 4.78 is 5.96. The molecule has 1 fully saturated rings. The third-order valence-corrected chi connectivity index (χ3v) is 6.37. The predicted octanol–water partition coefficient (Wildman–Crippen LogP) is 6.73. The van der Waals surface area contributed by atoms with E-state index in [9.17, 15) is 14.9 Å². The minimum Gasteiger partial charge on any atom is -0.457 e. The molecule has 7 nitrogen and oxygen atoms in total. The van der Waals surface area contributed by atoms with E-state index in [1.54, 1.807) is 42.2 Å². The number of hydrogen-bond acceptors (Lipinski definition) is 6. The van der Waals surface area contributed by atoms with Crippen molar-refractivity contribution in [3.05, 3.63) is 86.5 Å².